The van der Waals surface area contributed by atoms with Crippen LogP contribution in [0.2, 0.25) is 0 Å². The predicted molar refractivity (Wildman–Crippen MR) is 161 cm³/mol. The second kappa shape index (κ2) is 13.3. The van der Waals surface area contributed by atoms with Crippen LogP contribution in [0, 0.1) is 19.0 Å². The summed E-state index contributed by atoms with van der Waals surface area (Å²) in [7, 11) is 0. The summed E-state index contributed by atoms with van der Waals surface area (Å²) in [6, 6.07) is 39.5. The van der Waals surface area contributed by atoms with Gasteiger partial charge in [0.2, 0.25) is 5.71 Å². The van der Waals surface area contributed by atoms with Gasteiger partial charge < -0.3 is 14.4 Å². The summed E-state index contributed by atoms with van der Waals surface area (Å²) in [5, 5.41) is 1.50. The van der Waals surface area contributed by atoms with Crippen LogP contribution in [0.15, 0.2) is 126 Å². The number of hydrogen-bond acceptors (Lipinski definition) is 4. The molecule has 1 radical (unpaired) electrons. The summed E-state index contributed by atoms with van der Waals surface area (Å²) in [6.07, 6.45) is 2.08. The van der Waals surface area contributed by atoms with E-state index < -0.39 is 13.2 Å². The molecule has 0 aliphatic carbocycles. The molecule has 0 saturated heterocycles. The normalized spacial score (nSPS) is 13.0. The average molecular weight is 715 g/mol. The van der Waals surface area contributed by atoms with Crippen molar-refractivity contribution in [1.29, 1.82) is 0 Å². The third kappa shape index (κ3) is 6.66. The summed E-state index contributed by atoms with van der Waals surface area (Å²) in [6.45, 7) is -2.32. The van der Waals surface area contributed by atoms with Crippen molar-refractivity contribution in [2.24, 2.45) is 0 Å². The number of aryl methyl sites for hydroxylation is 3. The van der Waals surface area contributed by atoms with E-state index in [2.05, 4.69) is 27.1 Å². The van der Waals surface area contributed by atoms with Crippen LogP contribution in [0.5, 0.6) is 0 Å². The number of benzene rings is 3. The van der Waals surface area contributed by atoms with Gasteiger partial charge in [-0.15, -0.1) is 54.1 Å². The third-order valence-corrected chi connectivity index (χ3v) is 6.30. The third-order valence-electron chi connectivity index (χ3n) is 6.30. The zero-order valence-corrected chi connectivity index (χ0v) is 24.2. The van der Waals surface area contributed by atoms with Crippen molar-refractivity contribution >= 4 is 22.1 Å². The topological polar surface area (TPSA) is 51.8 Å². The van der Waals surface area contributed by atoms with Gasteiger partial charge in [-0.1, -0.05) is 65.0 Å². The van der Waals surface area contributed by atoms with Crippen molar-refractivity contribution in [3.05, 3.63) is 151 Å². The van der Waals surface area contributed by atoms with Crippen LogP contribution in [0.1, 0.15) is 23.7 Å². The summed E-state index contributed by atoms with van der Waals surface area (Å²) < 4.78 is 45.8. The molecule has 0 spiro atoms. The zero-order chi connectivity index (χ0) is 31.4. The van der Waals surface area contributed by atoms with Crippen molar-refractivity contribution in [2.45, 2.75) is 19.6 Å². The maximum atomic E-state index is 8.52. The van der Waals surface area contributed by atoms with Gasteiger partial charge in [0.15, 0.2) is 0 Å². The number of pyridine rings is 3. The fourth-order valence-electron chi connectivity index (χ4n) is 4.37. The summed E-state index contributed by atoms with van der Waals surface area (Å²) in [5.41, 5.74) is 5.36. The van der Waals surface area contributed by atoms with Crippen LogP contribution in [0.3, 0.4) is 0 Å². The second-order valence-corrected chi connectivity index (χ2v) is 9.01. The Hall–Kier alpha value is -4.44. The average Bonchev–Trinajstić information content (AvgIpc) is 3.44. The van der Waals surface area contributed by atoms with Gasteiger partial charge >= 0.3 is 0 Å². The van der Waals surface area contributed by atoms with E-state index in [4.69, 9.17) is 11.3 Å². The van der Waals surface area contributed by atoms with E-state index in [1.807, 2.05) is 72.8 Å². The summed E-state index contributed by atoms with van der Waals surface area (Å²) in [5.74, 6) is 0. The molecule has 7 rings (SSSR count). The van der Waals surface area contributed by atoms with Crippen molar-refractivity contribution in [3.63, 3.8) is 0 Å². The molecule has 5 heteroatoms. The van der Waals surface area contributed by atoms with Crippen LogP contribution in [0.4, 0.5) is 0 Å². The van der Waals surface area contributed by atoms with Gasteiger partial charge in [-0.3, -0.25) is 0 Å². The van der Waals surface area contributed by atoms with Gasteiger partial charge in [-0.2, -0.15) is 0 Å². The van der Waals surface area contributed by atoms with Gasteiger partial charge in [0.1, 0.15) is 0 Å². The first-order chi connectivity index (χ1) is 21.7. The van der Waals surface area contributed by atoms with Crippen LogP contribution < -0.4 is 0 Å². The first-order valence-electron chi connectivity index (χ1n) is 15.3. The van der Waals surface area contributed by atoms with Gasteiger partial charge in [0.25, 0.3) is 0 Å². The Morgan fingerprint density at radius 3 is 2.41 bits per heavy atom. The smallest absolute Gasteiger partial charge is 0.216 e. The van der Waals surface area contributed by atoms with Crippen LogP contribution in [0.25, 0.3) is 44.6 Å². The molecule has 0 atom stereocenters. The maximum Gasteiger partial charge on any atom is 0.216 e. The van der Waals surface area contributed by atoms with E-state index in [1.54, 1.807) is 42.7 Å². The largest absolute Gasteiger partial charge is 0.486 e. The number of nitrogens with zero attached hydrogens (tertiary/aromatic N) is 3. The SMILES string of the molecule is [2H]C([2H])([2H])c1ccc2c(n1)oc1c(-c3cc(CC([2H])([2H])c4ccccc4)ccn3)[c-]ccc12.[Ir].[c-]1ccccc1-c1ccccn1. The zero-order valence-electron chi connectivity index (χ0n) is 26.8. The Balaban J connectivity index is 0.000000269. The fourth-order valence-corrected chi connectivity index (χ4v) is 4.37. The van der Waals surface area contributed by atoms with E-state index in [0.29, 0.717) is 27.8 Å². The molecule has 0 amide bonds. The first-order valence-corrected chi connectivity index (χ1v) is 12.8. The maximum absolute atomic E-state index is 8.52. The van der Waals surface area contributed by atoms with Gasteiger partial charge in [0, 0.05) is 50.4 Å². The van der Waals surface area contributed by atoms with E-state index in [1.165, 1.54) is 6.07 Å². The molecule has 0 fully saturated rings. The Bertz CT molecular complexity index is 2010. The molecule has 0 N–H and O–H groups in total. The quantitative estimate of drug-likeness (QED) is 0.168. The molecule has 0 bridgehead atoms. The standard InChI is InChI=1S/C25H19N2O.C11H8N.Ir/c1-17-10-13-21-20-8-5-9-22(24(20)28-25(21)27-17)23-16-19(14-15-26-23)12-11-18-6-3-2-4-7-18;1-2-6-10(7-3-1)11-8-4-5-9-12-11;/h2-8,10,13-16H,11-12H2,1H3;1-6,8-9H;/q2*-1;/i1D3,11D2;;. The molecule has 4 nitrogen and oxygen atoms in total. The molecule has 0 saturated carbocycles. The minimum atomic E-state index is -2.32. The van der Waals surface area contributed by atoms with E-state index in [0.717, 1.165) is 22.2 Å². The van der Waals surface area contributed by atoms with Gasteiger partial charge in [-0.25, -0.2) is 4.98 Å². The molecule has 0 aliphatic heterocycles. The van der Waals surface area contributed by atoms with Crippen molar-refractivity contribution in [3.8, 4) is 22.5 Å². The molecule has 4 heterocycles. The van der Waals surface area contributed by atoms with Gasteiger partial charge in [-0.05, 0) is 60.9 Å². The summed E-state index contributed by atoms with van der Waals surface area (Å²) in [4.78, 5) is 12.9. The van der Waals surface area contributed by atoms with E-state index >= 15 is 0 Å². The fraction of sp³-hybridized carbons (Fsp3) is 0.0833. The molecule has 203 valence electrons. The van der Waals surface area contributed by atoms with E-state index in [-0.39, 0.29) is 37.9 Å². The minimum Gasteiger partial charge on any atom is -0.486 e. The van der Waals surface area contributed by atoms with Crippen molar-refractivity contribution < 1.29 is 31.4 Å². The van der Waals surface area contributed by atoms with Crippen molar-refractivity contribution in [1.82, 2.24) is 15.0 Å². The van der Waals surface area contributed by atoms with E-state index in [9.17, 15) is 0 Å². The molecule has 7 aromatic rings. The number of aromatic nitrogens is 3. The number of furan rings is 1. The van der Waals surface area contributed by atoms with Crippen molar-refractivity contribution in [2.75, 3.05) is 0 Å². The Morgan fingerprint density at radius 1 is 0.756 bits per heavy atom. The summed E-state index contributed by atoms with van der Waals surface area (Å²) >= 11 is 0. The monoisotopic (exact) mass is 715 g/mol. The molecule has 3 aromatic carbocycles. The molecule has 41 heavy (non-hydrogen) atoms. The number of fused-ring (bicyclic) bond motifs is 3. The molecule has 0 unspecified atom stereocenters. The predicted octanol–water partition coefficient (Wildman–Crippen LogP) is 8.48. The van der Waals surface area contributed by atoms with Crippen LogP contribution in [-0.2, 0) is 32.9 Å². The molecular formula is C36H27IrN3O-2. The molecular weight excluding hydrogens is 683 g/mol. The Kier molecular flexibility index (Phi) is 7.21. The van der Waals surface area contributed by atoms with Crippen LogP contribution >= 0.6 is 0 Å². The number of hydrogen-bond donors (Lipinski definition) is 0. The number of rotatable bonds is 5. The van der Waals surface area contributed by atoms with Gasteiger partial charge in [0.05, 0.1) is 5.58 Å². The molecule has 0 aliphatic rings. The molecule has 4 aromatic heterocycles. The second-order valence-electron chi connectivity index (χ2n) is 9.01. The first kappa shape index (κ1) is 22.3. The Morgan fingerprint density at radius 2 is 1.61 bits per heavy atom. The van der Waals surface area contributed by atoms with Crippen LogP contribution in [-0.4, -0.2) is 15.0 Å². The Labute approximate surface area is 260 Å². The minimum absolute atomic E-state index is 0.